The molecule has 0 N–H and O–H groups in total. The smallest absolute Gasteiger partial charge is 0.178 e. The molecule has 2 heterocycles. The summed E-state index contributed by atoms with van der Waals surface area (Å²) >= 11 is 0. The van der Waals surface area contributed by atoms with Crippen molar-refractivity contribution in [1.82, 2.24) is 9.88 Å². The molecule has 1 aromatic rings. The van der Waals surface area contributed by atoms with Crippen LogP contribution in [0, 0.1) is 34.5 Å². The van der Waals surface area contributed by atoms with E-state index in [0.717, 1.165) is 89.7 Å². The summed E-state index contributed by atoms with van der Waals surface area (Å²) in [6.45, 7) is 23.7. The first-order valence-corrected chi connectivity index (χ1v) is 18.2. The highest BCUT2D eigenvalue weighted by molar-refractivity contribution is 6.01. The van der Waals surface area contributed by atoms with Crippen LogP contribution in [0.4, 0.5) is 17.3 Å². The Labute approximate surface area is 277 Å². The highest BCUT2D eigenvalue weighted by Crippen LogP contribution is 2.65. The van der Waals surface area contributed by atoms with Crippen LogP contribution in [0.1, 0.15) is 74.1 Å². The molecule has 0 bridgehead atoms. The van der Waals surface area contributed by atoms with E-state index in [2.05, 4.69) is 92.4 Å². The van der Waals surface area contributed by atoms with E-state index < -0.39 is 0 Å². The number of hydrogen-bond acceptors (Lipinski definition) is 7. The van der Waals surface area contributed by atoms with Gasteiger partial charge in [0.1, 0.15) is 5.82 Å². The summed E-state index contributed by atoms with van der Waals surface area (Å²) in [5.74, 6) is 4.23. The second-order valence-electron chi connectivity index (χ2n) is 15.0. The monoisotopic (exact) mass is 627 g/mol. The van der Waals surface area contributed by atoms with E-state index in [4.69, 9.17) is 4.98 Å². The first kappa shape index (κ1) is 33.0. The van der Waals surface area contributed by atoms with E-state index in [-0.39, 0.29) is 22.5 Å². The molecule has 1 unspecified atom stereocenters. The van der Waals surface area contributed by atoms with Crippen molar-refractivity contribution in [2.75, 3.05) is 73.6 Å². The standard InChI is InChI=1S/C39H57N5O2/c1-8-42(9-2)33-14-15-35(43(10-3)11-4)40-37(33)44-22-20-41(21-23-44)26-34(46)36-27(5)24-32-30-13-12-28-25-29(45)16-18-38(28,6)31(30)17-19-39(32,36)7/h14-18,25,27,30,32,36H,8-13,19-24,26H2,1-7H3/t27?,30-,32+,36-,38+,39+/m1/s1. The van der Waals surface area contributed by atoms with Crippen molar-refractivity contribution in [1.29, 1.82) is 0 Å². The molecule has 1 aliphatic heterocycles. The molecule has 1 aromatic heterocycles. The first-order chi connectivity index (χ1) is 22.1. The summed E-state index contributed by atoms with van der Waals surface area (Å²) in [7, 11) is 0. The van der Waals surface area contributed by atoms with Crippen molar-refractivity contribution in [2.45, 2.75) is 74.1 Å². The number of nitrogens with zero attached hydrogens (tertiary/aromatic N) is 5. The van der Waals surface area contributed by atoms with Crippen molar-refractivity contribution in [3.63, 3.8) is 0 Å². The van der Waals surface area contributed by atoms with Gasteiger partial charge in [-0.1, -0.05) is 37.1 Å². The van der Waals surface area contributed by atoms with Crippen LogP contribution in [0.3, 0.4) is 0 Å². The minimum Gasteiger partial charge on any atom is -0.369 e. The third-order valence-electron chi connectivity index (χ3n) is 12.7. The molecule has 7 heteroatoms. The lowest BCUT2D eigenvalue weighted by atomic mass is 9.52. The number of pyridine rings is 1. The first-order valence-electron chi connectivity index (χ1n) is 18.2. The Morgan fingerprint density at radius 1 is 1.00 bits per heavy atom. The van der Waals surface area contributed by atoms with Gasteiger partial charge in [-0.05, 0) is 108 Å². The topological polar surface area (TPSA) is 60.0 Å². The number of hydrogen-bond donors (Lipinski definition) is 0. The van der Waals surface area contributed by atoms with Crippen LogP contribution in [0.5, 0.6) is 0 Å². The molecule has 5 aliphatic rings. The molecule has 4 aliphatic carbocycles. The number of carbonyl (C=O) groups is 2. The predicted molar refractivity (Wildman–Crippen MR) is 190 cm³/mol. The summed E-state index contributed by atoms with van der Waals surface area (Å²) in [4.78, 5) is 41.2. The number of anilines is 3. The largest absolute Gasteiger partial charge is 0.369 e. The number of carbonyl (C=O) groups excluding carboxylic acids is 2. The number of allylic oxidation sites excluding steroid dienone is 6. The molecule has 0 spiro atoms. The number of fused-ring (bicyclic) bond motifs is 5. The Morgan fingerprint density at radius 3 is 2.37 bits per heavy atom. The lowest BCUT2D eigenvalue weighted by molar-refractivity contribution is -0.129. The average Bonchev–Trinajstić information content (AvgIpc) is 3.33. The van der Waals surface area contributed by atoms with Gasteiger partial charge >= 0.3 is 0 Å². The normalized spacial score (nSPS) is 32.3. The second kappa shape index (κ2) is 12.9. The number of Topliss-reactive ketones (excluding diaryl/α,β-unsaturated/α-hetero) is 1. The molecule has 2 saturated carbocycles. The van der Waals surface area contributed by atoms with Gasteiger partial charge in [-0.15, -0.1) is 0 Å². The molecule has 0 amide bonds. The van der Waals surface area contributed by atoms with E-state index >= 15 is 0 Å². The summed E-state index contributed by atoms with van der Waals surface area (Å²) in [6, 6.07) is 4.44. The number of rotatable bonds is 10. The van der Waals surface area contributed by atoms with Crippen molar-refractivity contribution in [3.05, 3.63) is 47.6 Å². The Bertz CT molecular complexity index is 1420. The highest BCUT2D eigenvalue weighted by atomic mass is 16.1. The summed E-state index contributed by atoms with van der Waals surface area (Å²) in [5.41, 5.74) is 3.88. The van der Waals surface area contributed by atoms with Gasteiger partial charge in [0, 0.05) is 63.7 Å². The fourth-order valence-corrected chi connectivity index (χ4v) is 10.2. The van der Waals surface area contributed by atoms with Crippen LogP contribution in [-0.4, -0.2) is 80.4 Å². The Balaban J connectivity index is 1.15. The zero-order valence-electron chi connectivity index (χ0n) is 29.5. The molecule has 0 aromatic carbocycles. The van der Waals surface area contributed by atoms with E-state index in [1.807, 2.05) is 6.08 Å². The molecule has 6 atom stereocenters. The van der Waals surface area contributed by atoms with Crippen molar-refractivity contribution < 1.29 is 9.59 Å². The second-order valence-corrected chi connectivity index (χ2v) is 15.0. The Kier molecular flexibility index (Phi) is 9.28. The lowest BCUT2D eigenvalue weighted by Crippen LogP contribution is -2.51. The maximum absolute atomic E-state index is 14.3. The fourth-order valence-electron chi connectivity index (χ4n) is 10.2. The van der Waals surface area contributed by atoms with Crippen molar-refractivity contribution >= 4 is 28.9 Å². The SMILES string of the molecule is CCN(CC)c1ccc(N(CC)CC)c(N2CCN(CC(=O)[C@H]3C(C)C[C@H]4[C@@H]5CCC6=CC(=O)C=C[C@]6(C)C5=CC[C@]34C)CC2)n1. The summed E-state index contributed by atoms with van der Waals surface area (Å²) < 4.78 is 0. The molecule has 6 rings (SSSR count). The molecular formula is C39H57N5O2. The van der Waals surface area contributed by atoms with Crippen LogP contribution in [0.25, 0.3) is 0 Å². The fraction of sp³-hybridized carbons (Fsp3) is 0.667. The van der Waals surface area contributed by atoms with Gasteiger partial charge < -0.3 is 14.7 Å². The van der Waals surface area contributed by atoms with Gasteiger partial charge in [-0.3, -0.25) is 14.5 Å². The van der Waals surface area contributed by atoms with Gasteiger partial charge in [-0.25, -0.2) is 4.98 Å². The van der Waals surface area contributed by atoms with Crippen LogP contribution in [-0.2, 0) is 9.59 Å². The third kappa shape index (κ3) is 5.54. The van der Waals surface area contributed by atoms with Crippen LogP contribution < -0.4 is 14.7 Å². The van der Waals surface area contributed by atoms with E-state index in [0.29, 0.717) is 30.1 Å². The molecule has 46 heavy (non-hydrogen) atoms. The summed E-state index contributed by atoms with van der Waals surface area (Å²) in [6.07, 6.45) is 12.5. The molecule has 1 saturated heterocycles. The van der Waals surface area contributed by atoms with Gasteiger partial charge in [0.25, 0.3) is 0 Å². The van der Waals surface area contributed by atoms with E-state index in [1.54, 1.807) is 6.08 Å². The zero-order chi connectivity index (χ0) is 32.8. The Hall–Kier alpha value is -2.93. The molecular weight excluding hydrogens is 570 g/mol. The van der Waals surface area contributed by atoms with Gasteiger partial charge in [-0.2, -0.15) is 0 Å². The summed E-state index contributed by atoms with van der Waals surface area (Å²) in [5, 5.41) is 0. The lowest BCUT2D eigenvalue weighted by Gasteiger charge is -2.52. The third-order valence-corrected chi connectivity index (χ3v) is 12.7. The quantitative estimate of drug-likeness (QED) is 0.273. The van der Waals surface area contributed by atoms with Crippen molar-refractivity contribution in [2.24, 2.45) is 34.5 Å². The van der Waals surface area contributed by atoms with Gasteiger partial charge in [0.2, 0.25) is 0 Å². The highest BCUT2D eigenvalue weighted by Gasteiger charge is 2.59. The van der Waals surface area contributed by atoms with Crippen LogP contribution in [0.15, 0.2) is 47.6 Å². The maximum Gasteiger partial charge on any atom is 0.178 e. The minimum atomic E-state index is -0.131. The minimum absolute atomic E-state index is 0.00568. The molecule has 7 nitrogen and oxygen atoms in total. The number of piperazine rings is 1. The number of ketones is 2. The van der Waals surface area contributed by atoms with Crippen LogP contribution >= 0.6 is 0 Å². The molecule has 3 fully saturated rings. The predicted octanol–water partition coefficient (Wildman–Crippen LogP) is 6.56. The maximum atomic E-state index is 14.3. The van der Waals surface area contributed by atoms with Crippen molar-refractivity contribution in [3.8, 4) is 0 Å². The van der Waals surface area contributed by atoms with Gasteiger partial charge in [0.15, 0.2) is 17.4 Å². The Morgan fingerprint density at radius 2 is 1.70 bits per heavy atom. The average molecular weight is 628 g/mol. The molecule has 0 radical (unpaired) electrons. The molecule has 250 valence electrons. The zero-order valence-corrected chi connectivity index (χ0v) is 29.5. The van der Waals surface area contributed by atoms with Gasteiger partial charge in [0.05, 0.1) is 12.2 Å². The number of aromatic nitrogens is 1. The van der Waals surface area contributed by atoms with E-state index in [1.165, 1.54) is 16.8 Å². The van der Waals surface area contributed by atoms with Crippen LogP contribution in [0.2, 0.25) is 0 Å². The van der Waals surface area contributed by atoms with E-state index in [9.17, 15) is 9.59 Å².